The van der Waals surface area contributed by atoms with Gasteiger partial charge >= 0.3 is 0 Å². The molecule has 0 fully saturated rings. The lowest BCUT2D eigenvalue weighted by molar-refractivity contribution is -0.115. The normalized spacial score (nSPS) is 15.1. The Morgan fingerprint density at radius 2 is 1.84 bits per heavy atom. The van der Waals surface area contributed by atoms with Gasteiger partial charge in [0.15, 0.2) is 5.82 Å². The first kappa shape index (κ1) is 21.2. The highest BCUT2D eigenvalue weighted by Crippen LogP contribution is 2.40. The standard InChI is InChI=1S/C23H26N6O3/c1-13-19(21(24)30)20(17-11-10-16(31-4)12-18(17)32-5)29-23(25-13)26-22(27-29)14-6-8-15(9-7-14)28(2)3/h6-12,20H,1-5H3,(H2,24,30)(H,25,26,27). The molecular weight excluding hydrogens is 408 g/mol. The van der Waals surface area contributed by atoms with Crippen LogP contribution in [0.3, 0.4) is 0 Å². The molecule has 4 rings (SSSR count). The average molecular weight is 435 g/mol. The molecule has 0 bridgehead atoms. The number of anilines is 2. The van der Waals surface area contributed by atoms with Gasteiger partial charge in [0.2, 0.25) is 11.9 Å². The van der Waals surface area contributed by atoms with Crippen LogP contribution in [0.4, 0.5) is 11.6 Å². The van der Waals surface area contributed by atoms with Crippen molar-refractivity contribution in [3.63, 3.8) is 0 Å². The number of hydrogen-bond acceptors (Lipinski definition) is 7. The van der Waals surface area contributed by atoms with Crippen LogP contribution in [0.15, 0.2) is 53.7 Å². The van der Waals surface area contributed by atoms with E-state index in [0.717, 1.165) is 16.8 Å². The van der Waals surface area contributed by atoms with Crippen molar-refractivity contribution in [2.24, 2.45) is 5.73 Å². The van der Waals surface area contributed by atoms with E-state index in [9.17, 15) is 4.79 Å². The third kappa shape index (κ3) is 3.62. The van der Waals surface area contributed by atoms with Crippen LogP contribution in [0.1, 0.15) is 18.5 Å². The molecule has 1 aliphatic heterocycles. The highest BCUT2D eigenvalue weighted by molar-refractivity contribution is 5.95. The Morgan fingerprint density at radius 1 is 1.12 bits per heavy atom. The molecule has 1 aliphatic rings. The summed E-state index contributed by atoms with van der Waals surface area (Å²) in [4.78, 5) is 19.2. The van der Waals surface area contributed by atoms with Crippen LogP contribution in [-0.4, -0.2) is 49.0 Å². The van der Waals surface area contributed by atoms with E-state index in [4.69, 9.17) is 20.3 Å². The summed E-state index contributed by atoms with van der Waals surface area (Å²) in [6.45, 7) is 1.80. The second-order valence-electron chi connectivity index (χ2n) is 7.68. The number of rotatable bonds is 6. The molecule has 32 heavy (non-hydrogen) atoms. The predicted octanol–water partition coefficient (Wildman–Crippen LogP) is 2.80. The average Bonchev–Trinajstić information content (AvgIpc) is 3.21. The molecule has 166 valence electrons. The van der Waals surface area contributed by atoms with Crippen LogP contribution in [0, 0.1) is 0 Å². The molecule has 2 aromatic carbocycles. The van der Waals surface area contributed by atoms with Gasteiger partial charge in [-0.1, -0.05) is 0 Å². The Kier molecular flexibility index (Phi) is 5.48. The molecule has 3 N–H and O–H groups in total. The summed E-state index contributed by atoms with van der Waals surface area (Å²) in [6, 6.07) is 12.8. The number of amides is 1. The summed E-state index contributed by atoms with van der Waals surface area (Å²) in [5.41, 5.74) is 9.45. The molecule has 0 saturated carbocycles. The molecule has 0 radical (unpaired) electrons. The van der Waals surface area contributed by atoms with Gasteiger partial charge in [-0.05, 0) is 43.3 Å². The molecule has 1 unspecified atom stereocenters. The fourth-order valence-electron chi connectivity index (χ4n) is 3.83. The zero-order valence-electron chi connectivity index (χ0n) is 18.7. The Hall–Kier alpha value is -4.01. The van der Waals surface area contributed by atoms with E-state index in [2.05, 4.69) is 10.3 Å². The fourth-order valence-corrected chi connectivity index (χ4v) is 3.83. The van der Waals surface area contributed by atoms with Gasteiger partial charge in [0.1, 0.15) is 17.5 Å². The molecule has 0 spiro atoms. The van der Waals surface area contributed by atoms with Gasteiger partial charge in [0.25, 0.3) is 0 Å². The molecule has 9 heteroatoms. The maximum absolute atomic E-state index is 12.5. The summed E-state index contributed by atoms with van der Waals surface area (Å²) in [6.07, 6.45) is 0. The maximum atomic E-state index is 12.5. The van der Waals surface area contributed by atoms with Crippen LogP contribution in [0.2, 0.25) is 0 Å². The first-order valence-electron chi connectivity index (χ1n) is 10.1. The van der Waals surface area contributed by atoms with E-state index in [1.807, 2.05) is 55.4 Å². The molecule has 3 aromatic rings. The van der Waals surface area contributed by atoms with E-state index in [-0.39, 0.29) is 0 Å². The number of carbonyl (C=O) groups excluding carboxylic acids is 1. The van der Waals surface area contributed by atoms with Crippen LogP contribution in [-0.2, 0) is 4.79 Å². The summed E-state index contributed by atoms with van der Waals surface area (Å²) in [5.74, 6) is 1.70. The van der Waals surface area contributed by atoms with Crippen LogP contribution in [0.5, 0.6) is 11.5 Å². The van der Waals surface area contributed by atoms with Crippen molar-refractivity contribution in [3.8, 4) is 22.9 Å². The van der Waals surface area contributed by atoms with Crippen molar-refractivity contribution in [2.75, 3.05) is 38.5 Å². The largest absolute Gasteiger partial charge is 0.497 e. The van der Waals surface area contributed by atoms with Crippen molar-refractivity contribution in [3.05, 3.63) is 59.3 Å². The van der Waals surface area contributed by atoms with Crippen molar-refractivity contribution >= 4 is 17.5 Å². The maximum Gasteiger partial charge on any atom is 0.248 e. The summed E-state index contributed by atoms with van der Waals surface area (Å²) >= 11 is 0. The number of ether oxygens (including phenoxy) is 2. The van der Waals surface area contributed by atoms with E-state index in [1.54, 1.807) is 31.9 Å². The number of fused-ring (bicyclic) bond motifs is 1. The highest BCUT2D eigenvalue weighted by Gasteiger charge is 2.35. The second-order valence-corrected chi connectivity index (χ2v) is 7.68. The molecule has 1 atom stereocenters. The Balaban J connectivity index is 1.86. The molecule has 9 nitrogen and oxygen atoms in total. The van der Waals surface area contributed by atoms with Gasteiger partial charge in [-0.15, -0.1) is 5.10 Å². The number of nitrogens with two attached hydrogens (primary N) is 1. The molecule has 1 aromatic heterocycles. The zero-order valence-corrected chi connectivity index (χ0v) is 18.7. The molecule has 1 amide bonds. The first-order chi connectivity index (χ1) is 15.3. The third-order valence-electron chi connectivity index (χ3n) is 5.50. The number of hydrogen-bond donors (Lipinski definition) is 2. The Bertz CT molecular complexity index is 1200. The summed E-state index contributed by atoms with van der Waals surface area (Å²) in [7, 11) is 7.12. The minimum absolute atomic E-state index is 0.389. The SMILES string of the molecule is COc1ccc(C2C(C(N)=O)=C(C)Nc3nc(-c4ccc(N(C)C)cc4)nn32)c(OC)c1. The van der Waals surface area contributed by atoms with Gasteiger partial charge in [-0.25, -0.2) is 4.68 Å². The zero-order chi connectivity index (χ0) is 23.0. The monoisotopic (exact) mass is 434 g/mol. The van der Waals surface area contributed by atoms with E-state index < -0.39 is 11.9 Å². The Morgan fingerprint density at radius 3 is 2.44 bits per heavy atom. The quantitative estimate of drug-likeness (QED) is 0.614. The fraction of sp³-hybridized carbons (Fsp3) is 0.261. The number of primary amides is 1. The van der Waals surface area contributed by atoms with Crippen molar-refractivity contribution < 1.29 is 14.3 Å². The van der Waals surface area contributed by atoms with Crippen LogP contribution in [0.25, 0.3) is 11.4 Å². The minimum Gasteiger partial charge on any atom is -0.497 e. The summed E-state index contributed by atoms with van der Waals surface area (Å²) in [5, 5.41) is 7.90. The Labute approximate surface area is 186 Å². The molecular formula is C23H26N6O3. The minimum atomic E-state index is -0.605. The van der Waals surface area contributed by atoms with Gasteiger partial charge in [0, 0.05) is 42.7 Å². The lowest BCUT2D eigenvalue weighted by Crippen LogP contribution is -2.32. The lowest BCUT2D eigenvalue weighted by atomic mass is 9.94. The highest BCUT2D eigenvalue weighted by atomic mass is 16.5. The number of aromatic nitrogens is 3. The van der Waals surface area contributed by atoms with Gasteiger partial charge in [-0.2, -0.15) is 4.98 Å². The van der Waals surface area contributed by atoms with E-state index in [1.165, 1.54) is 0 Å². The van der Waals surface area contributed by atoms with Gasteiger partial charge in [0.05, 0.1) is 19.8 Å². The smallest absolute Gasteiger partial charge is 0.248 e. The first-order valence-corrected chi connectivity index (χ1v) is 10.1. The van der Waals surface area contributed by atoms with Crippen LogP contribution < -0.4 is 25.4 Å². The number of nitrogens with one attached hydrogen (secondary N) is 1. The molecule has 0 saturated heterocycles. The predicted molar refractivity (Wildman–Crippen MR) is 123 cm³/mol. The van der Waals surface area contributed by atoms with Crippen LogP contribution >= 0.6 is 0 Å². The van der Waals surface area contributed by atoms with E-state index in [0.29, 0.717) is 34.5 Å². The van der Waals surface area contributed by atoms with E-state index >= 15 is 0 Å². The van der Waals surface area contributed by atoms with Crippen molar-refractivity contribution in [2.45, 2.75) is 13.0 Å². The summed E-state index contributed by atoms with van der Waals surface area (Å²) < 4.78 is 12.6. The van der Waals surface area contributed by atoms with Gasteiger partial charge < -0.3 is 25.4 Å². The molecule has 2 heterocycles. The third-order valence-corrected chi connectivity index (χ3v) is 5.50. The van der Waals surface area contributed by atoms with Gasteiger partial charge in [-0.3, -0.25) is 4.79 Å². The number of nitrogens with zero attached hydrogens (tertiary/aromatic N) is 4. The van der Waals surface area contributed by atoms with Crippen molar-refractivity contribution in [1.29, 1.82) is 0 Å². The lowest BCUT2D eigenvalue weighted by Gasteiger charge is -2.28. The number of carbonyl (C=O) groups is 1. The topological polar surface area (TPSA) is 108 Å². The second kappa shape index (κ2) is 8.26. The molecule has 0 aliphatic carbocycles. The number of allylic oxidation sites excluding steroid dienone is 1. The number of methoxy groups -OCH3 is 2. The number of benzene rings is 2. The van der Waals surface area contributed by atoms with Crippen molar-refractivity contribution in [1.82, 2.24) is 14.8 Å².